The van der Waals surface area contributed by atoms with Crippen molar-refractivity contribution in [1.29, 1.82) is 0 Å². The van der Waals surface area contributed by atoms with Crippen LogP contribution in [0.4, 0.5) is 0 Å². The van der Waals surface area contributed by atoms with E-state index >= 15 is 0 Å². The molecule has 1 aliphatic heterocycles. The van der Waals surface area contributed by atoms with Crippen LogP contribution in [0.25, 0.3) is 0 Å². The number of rotatable bonds is 2. The van der Waals surface area contributed by atoms with Gasteiger partial charge in [-0.15, -0.1) is 0 Å². The van der Waals surface area contributed by atoms with E-state index in [9.17, 15) is 0 Å². The van der Waals surface area contributed by atoms with Crippen molar-refractivity contribution in [1.82, 2.24) is 9.88 Å². The molecule has 0 amide bonds. The summed E-state index contributed by atoms with van der Waals surface area (Å²) in [6.45, 7) is 4.50. The number of hydrogen-bond acceptors (Lipinski definition) is 2. The zero-order valence-corrected chi connectivity index (χ0v) is 11.2. The van der Waals surface area contributed by atoms with Gasteiger partial charge in [-0.2, -0.15) is 0 Å². The molecule has 2 aliphatic rings. The van der Waals surface area contributed by atoms with Crippen LogP contribution in [-0.4, -0.2) is 22.5 Å². The van der Waals surface area contributed by atoms with Gasteiger partial charge < -0.3 is 0 Å². The van der Waals surface area contributed by atoms with Crippen molar-refractivity contribution >= 4 is 15.9 Å². The van der Waals surface area contributed by atoms with Crippen LogP contribution in [-0.2, 0) is 6.54 Å². The number of halogens is 1. The third-order valence-electron chi connectivity index (χ3n) is 4.06. The highest BCUT2D eigenvalue weighted by Gasteiger charge is 2.37. The normalized spacial score (nSPS) is 28.9. The van der Waals surface area contributed by atoms with E-state index in [1.54, 1.807) is 0 Å². The van der Waals surface area contributed by atoms with Crippen molar-refractivity contribution in [3.63, 3.8) is 0 Å². The molecule has 86 valence electrons. The SMILES string of the molecule is Cc1nc(Br)ccc1CN1CC2CCC1C2. The molecule has 1 saturated carbocycles. The monoisotopic (exact) mass is 280 g/mol. The first-order chi connectivity index (χ1) is 7.72. The van der Waals surface area contributed by atoms with Gasteiger partial charge in [0.15, 0.2) is 0 Å². The molecule has 0 aromatic carbocycles. The van der Waals surface area contributed by atoms with E-state index in [0.29, 0.717) is 0 Å². The van der Waals surface area contributed by atoms with Crippen LogP contribution in [0, 0.1) is 12.8 Å². The second kappa shape index (κ2) is 4.11. The molecule has 0 radical (unpaired) electrons. The van der Waals surface area contributed by atoms with Crippen molar-refractivity contribution in [3.05, 3.63) is 28.0 Å². The van der Waals surface area contributed by atoms with Crippen molar-refractivity contribution in [2.45, 2.75) is 38.8 Å². The molecule has 16 heavy (non-hydrogen) atoms. The summed E-state index contributed by atoms with van der Waals surface area (Å²) in [5.74, 6) is 0.980. The van der Waals surface area contributed by atoms with Crippen molar-refractivity contribution in [3.8, 4) is 0 Å². The zero-order chi connectivity index (χ0) is 11.1. The molecule has 0 spiro atoms. The highest BCUT2D eigenvalue weighted by Crippen LogP contribution is 2.38. The van der Waals surface area contributed by atoms with Gasteiger partial charge in [-0.25, -0.2) is 4.98 Å². The maximum Gasteiger partial charge on any atom is 0.106 e. The minimum absolute atomic E-state index is 0.855. The minimum atomic E-state index is 0.855. The van der Waals surface area contributed by atoms with Gasteiger partial charge in [0.2, 0.25) is 0 Å². The molecule has 3 rings (SSSR count). The lowest BCUT2D eigenvalue weighted by molar-refractivity contribution is 0.205. The Morgan fingerprint density at radius 2 is 2.31 bits per heavy atom. The van der Waals surface area contributed by atoms with E-state index in [2.05, 4.69) is 44.9 Å². The summed E-state index contributed by atoms with van der Waals surface area (Å²) in [5, 5.41) is 0. The Balaban J connectivity index is 1.74. The van der Waals surface area contributed by atoms with Crippen LogP contribution in [0.5, 0.6) is 0 Å². The fourth-order valence-corrected chi connectivity index (χ4v) is 3.56. The van der Waals surface area contributed by atoms with Crippen LogP contribution < -0.4 is 0 Å². The number of fused-ring (bicyclic) bond motifs is 2. The lowest BCUT2D eigenvalue weighted by Crippen LogP contribution is -2.31. The molecule has 2 nitrogen and oxygen atoms in total. The van der Waals surface area contributed by atoms with Crippen LogP contribution in [0.3, 0.4) is 0 Å². The molecule has 2 atom stereocenters. The Kier molecular flexibility index (Phi) is 2.76. The van der Waals surface area contributed by atoms with Gasteiger partial charge >= 0.3 is 0 Å². The molecule has 2 bridgehead atoms. The van der Waals surface area contributed by atoms with Gasteiger partial charge in [0.25, 0.3) is 0 Å². The number of aryl methyl sites for hydroxylation is 1. The van der Waals surface area contributed by atoms with Crippen molar-refractivity contribution in [2.24, 2.45) is 5.92 Å². The van der Waals surface area contributed by atoms with E-state index < -0.39 is 0 Å². The topological polar surface area (TPSA) is 16.1 Å². The quantitative estimate of drug-likeness (QED) is 0.774. The lowest BCUT2D eigenvalue weighted by Gasteiger charge is -2.27. The van der Waals surface area contributed by atoms with Crippen LogP contribution in [0.2, 0.25) is 0 Å². The Bertz CT molecular complexity index is 405. The highest BCUT2D eigenvalue weighted by molar-refractivity contribution is 9.10. The summed E-state index contributed by atoms with van der Waals surface area (Å²) < 4.78 is 0.941. The minimum Gasteiger partial charge on any atom is -0.296 e. The summed E-state index contributed by atoms with van der Waals surface area (Å²) in [6.07, 6.45) is 4.30. The molecular formula is C13H17BrN2. The molecule has 1 aromatic heterocycles. The molecule has 1 aliphatic carbocycles. The third kappa shape index (κ3) is 1.91. The van der Waals surface area contributed by atoms with E-state index in [1.165, 1.54) is 31.4 Å². The molecule has 1 aromatic rings. The predicted molar refractivity (Wildman–Crippen MR) is 68.2 cm³/mol. The van der Waals surface area contributed by atoms with Crippen molar-refractivity contribution in [2.75, 3.05) is 6.54 Å². The third-order valence-corrected chi connectivity index (χ3v) is 4.50. The van der Waals surface area contributed by atoms with Gasteiger partial charge in [-0.3, -0.25) is 4.90 Å². The molecule has 2 heterocycles. The number of piperidine rings is 1. The predicted octanol–water partition coefficient (Wildman–Crippen LogP) is 3.14. The first-order valence-electron chi connectivity index (χ1n) is 6.08. The fourth-order valence-electron chi connectivity index (χ4n) is 3.17. The first kappa shape index (κ1) is 10.7. The summed E-state index contributed by atoms with van der Waals surface area (Å²) in [7, 11) is 0. The Hall–Kier alpha value is -0.410. The van der Waals surface area contributed by atoms with Gasteiger partial charge in [0.05, 0.1) is 0 Å². The highest BCUT2D eigenvalue weighted by atomic mass is 79.9. The largest absolute Gasteiger partial charge is 0.296 e. The van der Waals surface area contributed by atoms with Gasteiger partial charge in [-0.05, 0) is 59.7 Å². The molecule has 3 heteroatoms. The average molecular weight is 281 g/mol. The van der Waals surface area contributed by atoms with E-state index in [1.807, 2.05) is 0 Å². The molecule has 2 unspecified atom stereocenters. The number of aromatic nitrogens is 1. The first-order valence-corrected chi connectivity index (χ1v) is 6.88. The zero-order valence-electron chi connectivity index (χ0n) is 9.62. The summed E-state index contributed by atoms with van der Waals surface area (Å²) in [6, 6.07) is 5.11. The number of hydrogen-bond donors (Lipinski definition) is 0. The fraction of sp³-hybridized carbons (Fsp3) is 0.615. The van der Waals surface area contributed by atoms with E-state index in [0.717, 1.165) is 28.8 Å². The second-order valence-corrected chi connectivity index (χ2v) is 5.95. The molecule has 0 N–H and O–H groups in total. The number of nitrogens with zero attached hydrogens (tertiary/aromatic N) is 2. The summed E-state index contributed by atoms with van der Waals surface area (Å²) >= 11 is 3.42. The van der Waals surface area contributed by atoms with Gasteiger partial charge in [0.1, 0.15) is 4.60 Å². The van der Waals surface area contributed by atoms with Crippen LogP contribution in [0.15, 0.2) is 16.7 Å². The number of likely N-dealkylation sites (tertiary alicyclic amines) is 1. The Labute approximate surface area is 105 Å². The molecule has 1 saturated heterocycles. The average Bonchev–Trinajstić information content (AvgIpc) is 2.84. The maximum atomic E-state index is 4.47. The molecule has 2 fully saturated rings. The summed E-state index contributed by atoms with van der Waals surface area (Å²) in [4.78, 5) is 7.11. The van der Waals surface area contributed by atoms with Gasteiger partial charge in [-0.1, -0.05) is 6.07 Å². The second-order valence-electron chi connectivity index (χ2n) is 5.14. The summed E-state index contributed by atoms with van der Waals surface area (Å²) in [5.41, 5.74) is 2.55. The van der Waals surface area contributed by atoms with Gasteiger partial charge in [0, 0.05) is 24.8 Å². The Morgan fingerprint density at radius 1 is 1.44 bits per heavy atom. The smallest absolute Gasteiger partial charge is 0.106 e. The number of pyridine rings is 1. The Morgan fingerprint density at radius 3 is 2.94 bits per heavy atom. The maximum absolute atomic E-state index is 4.47. The lowest BCUT2D eigenvalue weighted by atomic mass is 10.1. The molecular weight excluding hydrogens is 264 g/mol. The van der Waals surface area contributed by atoms with Crippen LogP contribution in [0.1, 0.15) is 30.5 Å². The standard InChI is InChI=1S/C13H17BrN2/c1-9-11(3-5-13(14)15-9)8-16-7-10-2-4-12(16)6-10/h3,5,10,12H,2,4,6-8H2,1H3. The van der Waals surface area contributed by atoms with E-state index in [4.69, 9.17) is 0 Å². The van der Waals surface area contributed by atoms with E-state index in [-0.39, 0.29) is 0 Å². The van der Waals surface area contributed by atoms with Crippen molar-refractivity contribution < 1.29 is 0 Å². The van der Waals surface area contributed by atoms with Crippen LogP contribution >= 0.6 is 15.9 Å².